The molecule has 0 bridgehead atoms. The van der Waals surface area contributed by atoms with Gasteiger partial charge in [0, 0.05) is 43.4 Å². The number of rotatable bonds is 2. The fraction of sp³-hybridized carbons (Fsp3) is 0.438. The standard InChI is InChI=1S/C16H18N4OS/c21-15(19-8-3-14-12(10-19)4-9-22-14)13-2-7-20(11-13)16-17-5-1-6-18-16/h1,4-6,9,13H,2-3,7-8,10-11H2. The van der Waals surface area contributed by atoms with E-state index in [1.165, 1.54) is 10.4 Å². The van der Waals surface area contributed by atoms with Gasteiger partial charge in [0.1, 0.15) is 0 Å². The fourth-order valence-corrected chi connectivity index (χ4v) is 4.18. The summed E-state index contributed by atoms with van der Waals surface area (Å²) in [5.41, 5.74) is 1.32. The average Bonchev–Trinajstić information content (AvgIpc) is 3.23. The van der Waals surface area contributed by atoms with Gasteiger partial charge in [-0.1, -0.05) is 0 Å². The molecule has 2 aliphatic heterocycles. The van der Waals surface area contributed by atoms with Crippen LogP contribution in [0, 0.1) is 5.92 Å². The van der Waals surface area contributed by atoms with E-state index in [0.717, 1.165) is 45.0 Å². The highest BCUT2D eigenvalue weighted by Crippen LogP contribution is 2.27. The first-order chi connectivity index (χ1) is 10.8. The highest BCUT2D eigenvalue weighted by molar-refractivity contribution is 7.10. The Labute approximate surface area is 133 Å². The number of aromatic nitrogens is 2. The van der Waals surface area contributed by atoms with E-state index >= 15 is 0 Å². The number of hydrogen-bond acceptors (Lipinski definition) is 5. The highest BCUT2D eigenvalue weighted by Gasteiger charge is 2.33. The van der Waals surface area contributed by atoms with Gasteiger partial charge >= 0.3 is 0 Å². The second-order valence-electron chi connectivity index (χ2n) is 5.86. The molecule has 2 aliphatic rings. The van der Waals surface area contributed by atoms with E-state index in [1.807, 2.05) is 11.0 Å². The normalized spacial score (nSPS) is 21.0. The Hall–Kier alpha value is -1.95. The lowest BCUT2D eigenvalue weighted by molar-refractivity contribution is -0.135. The molecule has 0 N–H and O–H groups in total. The Bertz CT molecular complexity index is 672. The molecule has 2 aromatic rings. The van der Waals surface area contributed by atoms with Crippen LogP contribution in [0.15, 0.2) is 29.9 Å². The lowest BCUT2D eigenvalue weighted by atomic mass is 10.0. The Kier molecular flexibility index (Phi) is 3.54. The Morgan fingerprint density at radius 1 is 1.27 bits per heavy atom. The van der Waals surface area contributed by atoms with Gasteiger partial charge in [0.15, 0.2) is 0 Å². The van der Waals surface area contributed by atoms with Crippen LogP contribution in [0.25, 0.3) is 0 Å². The van der Waals surface area contributed by atoms with Gasteiger partial charge in [-0.05, 0) is 35.9 Å². The molecule has 0 aliphatic carbocycles. The summed E-state index contributed by atoms with van der Waals surface area (Å²) in [6.07, 6.45) is 5.39. The zero-order valence-corrected chi connectivity index (χ0v) is 13.1. The molecule has 0 saturated carbocycles. The molecule has 4 rings (SSSR count). The van der Waals surface area contributed by atoms with Crippen molar-refractivity contribution in [2.45, 2.75) is 19.4 Å². The van der Waals surface area contributed by atoms with Crippen molar-refractivity contribution in [2.24, 2.45) is 5.92 Å². The molecule has 114 valence electrons. The van der Waals surface area contributed by atoms with E-state index in [9.17, 15) is 4.79 Å². The van der Waals surface area contributed by atoms with E-state index < -0.39 is 0 Å². The fourth-order valence-electron chi connectivity index (χ4n) is 3.29. The first-order valence-corrected chi connectivity index (χ1v) is 8.55. The maximum Gasteiger partial charge on any atom is 0.227 e. The SMILES string of the molecule is O=C(C1CCN(c2ncccn2)C1)N1CCc2sccc2C1. The van der Waals surface area contributed by atoms with Crippen molar-refractivity contribution in [2.75, 3.05) is 24.5 Å². The van der Waals surface area contributed by atoms with Gasteiger partial charge in [-0.3, -0.25) is 4.79 Å². The second kappa shape index (κ2) is 5.68. The maximum atomic E-state index is 12.8. The summed E-state index contributed by atoms with van der Waals surface area (Å²) >= 11 is 1.81. The Morgan fingerprint density at radius 2 is 2.14 bits per heavy atom. The van der Waals surface area contributed by atoms with Crippen molar-refractivity contribution >= 4 is 23.2 Å². The molecule has 1 atom stereocenters. The minimum atomic E-state index is 0.0731. The first kappa shape index (κ1) is 13.7. The summed E-state index contributed by atoms with van der Waals surface area (Å²) in [7, 11) is 0. The molecule has 0 aromatic carbocycles. The van der Waals surface area contributed by atoms with Crippen molar-refractivity contribution in [1.82, 2.24) is 14.9 Å². The number of nitrogens with zero attached hydrogens (tertiary/aromatic N) is 4. The van der Waals surface area contributed by atoms with Gasteiger partial charge < -0.3 is 9.80 Å². The van der Waals surface area contributed by atoms with Gasteiger partial charge in [-0.25, -0.2) is 9.97 Å². The summed E-state index contributed by atoms with van der Waals surface area (Å²) < 4.78 is 0. The summed E-state index contributed by atoms with van der Waals surface area (Å²) in [6, 6.07) is 3.96. The molecule has 1 unspecified atom stereocenters. The summed E-state index contributed by atoms with van der Waals surface area (Å²) in [5.74, 6) is 1.09. The molecule has 22 heavy (non-hydrogen) atoms. The number of amides is 1. The van der Waals surface area contributed by atoms with E-state index in [1.54, 1.807) is 23.7 Å². The molecule has 0 spiro atoms. The largest absolute Gasteiger partial charge is 0.340 e. The Balaban J connectivity index is 1.42. The smallest absolute Gasteiger partial charge is 0.227 e. The van der Waals surface area contributed by atoms with Gasteiger partial charge in [0.25, 0.3) is 0 Å². The van der Waals surface area contributed by atoms with Crippen LogP contribution in [0.2, 0.25) is 0 Å². The molecular weight excluding hydrogens is 296 g/mol. The minimum Gasteiger partial charge on any atom is -0.340 e. The topological polar surface area (TPSA) is 49.3 Å². The predicted octanol–water partition coefficient (Wildman–Crippen LogP) is 1.95. The van der Waals surface area contributed by atoms with E-state index in [0.29, 0.717) is 0 Å². The van der Waals surface area contributed by atoms with Crippen LogP contribution in [0.1, 0.15) is 16.9 Å². The molecule has 6 heteroatoms. The molecule has 1 amide bonds. The molecule has 0 radical (unpaired) electrons. The molecule has 1 saturated heterocycles. The van der Waals surface area contributed by atoms with Crippen molar-refractivity contribution in [3.8, 4) is 0 Å². The van der Waals surface area contributed by atoms with Gasteiger partial charge in [0.2, 0.25) is 11.9 Å². The van der Waals surface area contributed by atoms with Crippen LogP contribution in [-0.2, 0) is 17.8 Å². The second-order valence-corrected chi connectivity index (χ2v) is 6.86. The van der Waals surface area contributed by atoms with E-state index in [2.05, 4.69) is 26.3 Å². The van der Waals surface area contributed by atoms with Crippen LogP contribution in [0.4, 0.5) is 5.95 Å². The first-order valence-electron chi connectivity index (χ1n) is 7.67. The van der Waals surface area contributed by atoms with Crippen LogP contribution in [0.5, 0.6) is 0 Å². The zero-order chi connectivity index (χ0) is 14.9. The minimum absolute atomic E-state index is 0.0731. The molecule has 2 aromatic heterocycles. The third-order valence-corrected chi connectivity index (χ3v) is 5.51. The third kappa shape index (κ3) is 2.47. The van der Waals surface area contributed by atoms with Crippen molar-refractivity contribution in [3.63, 3.8) is 0 Å². The lowest BCUT2D eigenvalue weighted by Gasteiger charge is -2.29. The number of carbonyl (C=O) groups excluding carboxylic acids is 1. The van der Waals surface area contributed by atoms with Crippen molar-refractivity contribution < 1.29 is 4.79 Å². The molecule has 4 heterocycles. The zero-order valence-electron chi connectivity index (χ0n) is 12.3. The van der Waals surface area contributed by atoms with E-state index in [4.69, 9.17) is 0 Å². The van der Waals surface area contributed by atoms with Gasteiger partial charge in [0.05, 0.1) is 5.92 Å². The van der Waals surface area contributed by atoms with Crippen molar-refractivity contribution in [1.29, 1.82) is 0 Å². The van der Waals surface area contributed by atoms with Crippen molar-refractivity contribution in [3.05, 3.63) is 40.3 Å². The van der Waals surface area contributed by atoms with Crippen LogP contribution < -0.4 is 4.90 Å². The summed E-state index contributed by atoms with van der Waals surface area (Å²) in [4.78, 5) is 26.9. The molecule has 5 nitrogen and oxygen atoms in total. The van der Waals surface area contributed by atoms with Crippen LogP contribution in [-0.4, -0.2) is 40.4 Å². The van der Waals surface area contributed by atoms with E-state index in [-0.39, 0.29) is 11.8 Å². The predicted molar refractivity (Wildman–Crippen MR) is 85.8 cm³/mol. The monoisotopic (exact) mass is 314 g/mol. The quantitative estimate of drug-likeness (QED) is 0.850. The van der Waals surface area contributed by atoms with Gasteiger partial charge in [-0.2, -0.15) is 0 Å². The van der Waals surface area contributed by atoms with Crippen LogP contribution in [0.3, 0.4) is 0 Å². The number of thiophene rings is 1. The summed E-state index contributed by atoms with van der Waals surface area (Å²) in [5, 5.41) is 2.13. The highest BCUT2D eigenvalue weighted by atomic mass is 32.1. The number of anilines is 1. The van der Waals surface area contributed by atoms with Gasteiger partial charge in [-0.15, -0.1) is 11.3 Å². The maximum absolute atomic E-state index is 12.8. The number of carbonyl (C=O) groups is 1. The number of hydrogen-bond donors (Lipinski definition) is 0. The van der Waals surface area contributed by atoms with Crippen LogP contribution >= 0.6 is 11.3 Å². The Morgan fingerprint density at radius 3 is 3.00 bits per heavy atom. The summed E-state index contributed by atoms with van der Waals surface area (Å²) in [6.45, 7) is 3.22. The number of fused-ring (bicyclic) bond motifs is 1. The lowest BCUT2D eigenvalue weighted by Crippen LogP contribution is -2.40. The third-order valence-electron chi connectivity index (χ3n) is 4.49. The molecule has 1 fully saturated rings. The average molecular weight is 314 g/mol. The molecular formula is C16H18N4OS.